The molecule has 0 heterocycles. The highest BCUT2D eigenvalue weighted by molar-refractivity contribution is 6.74. The van der Waals surface area contributed by atoms with Crippen LogP contribution in [0, 0.1) is 11.8 Å². The topological polar surface area (TPSA) is 18.5 Å². The van der Waals surface area contributed by atoms with E-state index in [9.17, 15) is 0 Å². The molecule has 0 fully saturated rings. The summed E-state index contributed by atoms with van der Waals surface area (Å²) in [5, 5.41) is 0.241. The molecule has 0 aromatic carbocycles. The van der Waals surface area contributed by atoms with Crippen LogP contribution >= 0.6 is 0 Å². The Balaban J connectivity index is 4.29. The van der Waals surface area contributed by atoms with Gasteiger partial charge in [0.05, 0.1) is 6.61 Å². The Bertz CT molecular complexity index is 243. The van der Waals surface area contributed by atoms with Gasteiger partial charge in [-0.1, -0.05) is 26.7 Å². The average molecular weight is 228 g/mol. The summed E-state index contributed by atoms with van der Waals surface area (Å²) in [6.45, 7) is 13.6. The highest BCUT2D eigenvalue weighted by Crippen LogP contribution is 2.36. The molecule has 0 aliphatic carbocycles. The first-order chi connectivity index (χ1) is 6.74. The van der Waals surface area contributed by atoms with Gasteiger partial charge in [-0.3, -0.25) is 0 Å². The van der Waals surface area contributed by atoms with Crippen LogP contribution in [0.5, 0.6) is 0 Å². The number of methoxy groups -OCH3 is 1. The summed E-state index contributed by atoms with van der Waals surface area (Å²) >= 11 is 0. The summed E-state index contributed by atoms with van der Waals surface area (Å²) in [6, 6.07) is 0. The Labute approximate surface area is 95.5 Å². The van der Waals surface area contributed by atoms with E-state index in [0.29, 0.717) is 6.61 Å². The summed E-state index contributed by atoms with van der Waals surface area (Å²) in [7, 11) is 0.00990. The molecule has 0 bridgehead atoms. The molecule has 1 atom stereocenters. The maximum atomic E-state index is 6.01. The van der Waals surface area contributed by atoms with Gasteiger partial charge in [0, 0.05) is 7.11 Å². The van der Waals surface area contributed by atoms with Gasteiger partial charge in [0.2, 0.25) is 0 Å². The molecule has 15 heavy (non-hydrogen) atoms. The number of hydrogen-bond acceptors (Lipinski definition) is 2. The predicted molar refractivity (Wildman–Crippen MR) is 67.4 cm³/mol. The zero-order valence-corrected chi connectivity index (χ0v) is 12.1. The maximum absolute atomic E-state index is 6.01. The molecule has 3 heteroatoms. The Kier molecular flexibility index (Phi) is 5.58. The minimum atomic E-state index is -1.66. The predicted octanol–water partition coefficient (Wildman–Crippen LogP) is 3.05. The minimum Gasteiger partial charge on any atom is -0.413 e. The van der Waals surface area contributed by atoms with Crippen molar-refractivity contribution in [2.75, 3.05) is 13.7 Å². The van der Waals surface area contributed by atoms with Gasteiger partial charge in [-0.2, -0.15) is 0 Å². The van der Waals surface area contributed by atoms with Gasteiger partial charge >= 0.3 is 0 Å². The smallest absolute Gasteiger partial charge is 0.192 e. The molecule has 0 N–H and O–H groups in total. The van der Waals surface area contributed by atoms with Crippen molar-refractivity contribution in [1.29, 1.82) is 0 Å². The van der Waals surface area contributed by atoms with Crippen molar-refractivity contribution in [3.8, 4) is 11.8 Å². The normalized spacial score (nSPS) is 14.3. The standard InChI is InChI=1S/C12H24O2Si/c1-8-9-11(13-5)10-14-15(6,7)12(2,3)4/h11H,10H2,1-7H3. The van der Waals surface area contributed by atoms with Gasteiger partial charge in [-0.25, -0.2) is 0 Å². The lowest BCUT2D eigenvalue weighted by Crippen LogP contribution is -2.42. The van der Waals surface area contributed by atoms with Crippen molar-refractivity contribution in [2.45, 2.75) is 51.9 Å². The van der Waals surface area contributed by atoms with Gasteiger partial charge in [0.1, 0.15) is 6.10 Å². The molecule has 0 saturated carbocycles. The van der Waals surface area contributed by atoms with Crippen molar-refractivity contribution >= 4 is 8.32 Å². The lowest BCUT2D eigenvalue weighted by atomic mass is 10.2. The van der Waals surface area contributed by atoms with E-state index < -0.39 is 8.32 Å². The van der Waals surface area contributed by atoms with E-state index in [4.69, 9.17) is 9.16 Å². The number of rotatable bonds is 4. The summed E-state index contributed by atoms with van der Waals surface area (Å²) < 4.78 is 11.2. The summed E-state index contributed by atoms with van der Waals surface area (Å²) in [4.78, 5) is 0. The van der Waals surface area contributed by atoms with Crippen LogP contribution in [-0.2, 0) is 9.16 Å². The highest BCUT2D eigenvalue weighted by Gasteiger charge is 2.37. The molecule has 0 spiro atoms. The van der Waals surface area contributed by atoms with Crippen molar-refractivity contribution < 1.29 is 9.16 Å². The average Bonchev–Trinajstić information content (AvgIpc) is 2.10. The Hall–Kier alpha value is -0.303. The van der Waals surface area contributed by atoms with E-state index in [2.05, 4.69) is 45.7 Å². The molecule has 0 saturated heterocycles. The van der Waals surface area contributed by atoms with Crippen molar-refractivity contribution in [1.82, 2.24) is 0 Å². The van der Waals surface area contributed by atoms with Crippen molar-refractivity contribution in [3.05, 3.63) is 0 Å². The van der Waals surface area contributed by atoms with Crippen molar-refractivity contribution in [2.24, 2.45) is 0 Å². The second kappa shape index (κ2) is 5.69. The van der Waals surface area contributed by atoms with Gasteiger partial charge in [-0.05, 0) is 25.1 Å². The fourth-order valence-electron chi connectivity index (χ4n) is 0.830. The first-order valence-electron chi connectivity index (χ1n) is 5.33. The van der Waals surface area contributed by atoms with E-state index in [1.165, 1.54) is 0 Å². The van der Waals surface area contributed by atoms with E-state index >= 15 is 0 Å². The zero-order chi connectivity index (χ0) is 12.1. The fourth-order valence-corrected chi connectivity index (χ4v) is 1.83. The molecule has 0 rings (SSSR count). The maximum Gasteiger partial charge on any atom is 0.192 e. The molecule has 0 amide bonds. The molecule has 1 unspecified atom stereocenters. The molecule has 0 aliphatic rings. The van der Waals surface area contributed by atoms with Gasteiger partial charge < -0.3 is 9.16 Å². The van der Waals surface area contributed by atoms with Gasteiger partial charge in [-0.15, -0.1) is 5.92 Å². The first-order valence-corrected chi connectivity index (χ1v) is 8.24. The minimum absolute atomic E-state index is 0.0934. The quantitative estimate of drug-likeness (QED) is 0.544. The zero-order valence-electron chi connectivity index (χ0n) is 11.1. The SMILES string of the molecule is CC#CC(CO[Si](C)(C)C(C)(C)C)OC. The Morgan fingerprint density at radius 1 is 1.27 bits per heavy atom. The number of hydrogen-bond donors (Lipinski definition) is 0. The summed E-state index contributed by atoms with van der Waals surface area (Å²) in [5.41, 5.74) is 0. The van der Waals surface area contributed by atoms with Crippen LogP contribution in [0.3, 0.4) is 0 Å². The third kappa shape index (κ3) is 4.83. The molecule has 88 valence electrons. The van der Waals surface area contributed by atoms with Crippen LogP contribution in [0.4, 0.5) is 0 Å². The molecule has 0 radical (unpaired) electrons. The lowest BCUT2D eigenvalue weighted by molar-refractivity contribution is 0.0922. The van der Waals surface area contributed by atoms with Crippen LogP contribution in [-0.4, -0.2) is 28.1 Å². The Morgan fingerprint density at radius 2 is 1.80 bits per heavy atom. The van der Waals surface area contributed by atoms with E-state index in [1.807, 2.05) is 6.92 Å². The molecule has 0 aliphatic heterocycles. The molecule has 0 aromatic rings. The van der Waals surface area contributed by atoms with Crippen LogP contribution in [0.15, 0.2) is 0 Å². The molecular weight excluding hydrogens is 204 g/mol. The lowest BCUT2D eigenvalue weighted by Gasteiger charge is -2.36. The van der Waals surface area contributed by atoms with E-state index in [-0.39, 0.29) is 11.1 Å². The number of ether oxygens (including phenoxy) is 1. The van der Waals surface area contributed by atoms with Crippen LogP contribution < -0.4 is 0 Å². The third-order valence-electron chi connectivity index (χ3n) is 2.99. The summed E-state index contributed by atoms with van der Waals surface area (Å²) in [5.74, 6) is 5.84. The Morgan fingerprint density at radius 3 is 2.13 bits per heavy atom. The second-order valence-corrected chi connectivity index (χ2v) is 10.00. The third-order valence-corrected chi connectivity index (χ3v) is 7.49. The monoisotopic (exact) mass is 228 g/mol. The van der Waals surface area contributed by atoms with Gasteiger partial charge in [0.15, 0.2) is 8.32 Å². The van der Waals surface area contributed by atoms with Crippen LogP contribution in [0.25, 0.3) is 0 Å². The van der Waals surface area contributed by atoms with Gasteiger partial charge in [0.25, 0.3) is 0 Å². The first kappa shape index (κ1) is 14.7. The second-order valence-electron chi connectivity index (χ2n) is 5.19. The molecule has 2 nitrogen and oxygen atoms in total. The largest absolute Gasteiger partial charge is 0.413 e. The van der Waals surface area contributed by atoms with Crippen LogP contribution in [0.1, 0.15) is 27.7 Å². The molecule has 0 aromatic heterocycles. The van der Waals surface area contributed by atoms with Crippen molar-refractivity contribution in [3.63, 3.8) is 0 Å². The summed E-state index contributed by atoms with van der Waals surface area (Å²) in [6.07, 6.45) is -0.0934. The van der Waals surface area contributed by atoms with E-state index in [0.717, 1.165) is 0 Å². The highest BCUT2D eigenvalue weighted by atomic mass is 28.4. The molecular formula is C12H24O2Si. The fraction of sp³-hybridized carbons (Fsp3) is 0.833. The van der Waals surface area contributed by atoms with E-state index in [1.54, 1.807) is 7.11 Å². The van der Waals surface area contributed by atoms with Crippen LogP contribution in [0.2, 0.25) is 18.1 Å².